The molecule has 0 unspecified atom stereocenters. The Kier molecular flexibility index (Phi) is 17.9. The molecular weight excluding hydrogens is 732 g/mol. The molecule has 1 aromatic heterocycles. The first-order chi connectivity index (χ1) is 26.3. The number of aliphatic imine (C=N–C) groups is 1. The molecule has 55 heavy (non-hydrogen) atoms. The topological polar surface area (TPSA) is 296 Å². The van der Waals surface area contributed by atoms with Crippen LogP contribution in [0.2, 0.25) is 5.15 Å². The normalized spacial score (nSPS) is 12.3. The first kappa shape index (κ1) is 43.8. The van der Waals surface area contributed by atoms with E-state index >= 15 is 0 Å². The summed E-state index contributed by atoms with van der Waals surface area (Å²) in [5.41, 5.74) is 32.3. The molecule has 0 aliphatic rings. The zero-order valence-corrected chi connectivity index (χ0v) is 31.5. The number of nitrogens with one attached hydrogen (secondary N) is 2. The van der Waals surface area contributed by atoms with Crippen LogP contribution in [0, 0.1) is 0 Å². The van der Waals surface area contributed by atoms with E-state index < -0.39 is 35.9 Å². The van der Waals surface area contributed by atoms with E-state index in [9.17, 15) is 24.0 Å². The van der Waals surface area contributed by atoms with Crippen LogP contribution in [-0.4, -0.2) is 77.9 Å². The van der Waals surface area contributed by atoms with Crippen molar-refractivity contribution in [2.75, 3.05) is 31.7 Å². The lowest BCUT2D eigenvalue weighted by atomic mass is 9.99. The Labute approximate surface area is 324 Å². The lowest BCUT2D eigenvalue weighted by Gasteiger charge is -2.18. The molecule has 0 aliphatic carbocycles. The van der Waals surface area contributed by atoms with Crippen molar-refractivity contribution in [2.24, 2.45) is 22.2 Å². The van der Waals surface area contributed by atoms with Gasteiger partial charge in [0.05, 0.1) is 7.11 Å². The highest BCUT2D eigenvalue weighted by Gasteiger charge is 2.27. The fourth-order valence-corrected chi connectivity index (χ4v) is 5.32. The van der Waals surface area contributed by atoms with Crippen LogP contribution >= 0.6 is 11.6 Å². The number of methoxy groups -OCH3 is 1. The van der Waals surface area contributed by atoms with Gasteiger partial charge in [-0.25, -0.2) is 19.6 Å². The number of aryl methyl sites for hydroxylation is 2. The minimum absolute atomic E-state index is 0.0503. The number of guanidine groups is 1. The second kappa shape index (κ2) is 22.5. The zero-order valence-electron chi connectivity index (χ0n) is 30.7. The number of carbonyl (C=O) groups excluding carboxylic acids is 5. The molecule has 0 saturated heterocycles. The first-order valence-corrected chi connectivity index (χ1v) is 18.1. The van der Waals surface area contributed by atoms with E-state index in [-0.39, 0.29) is 60.0 Å². The number of rotatable bonds is 20. The molecule has 0 spiro atoms. The number of unbranched alkanes of at least 4 members (excludes halogenated alkanes) is 2. The molecule has 0 aliphatic heterocycles. The third-order valence-corrected chi connectivity index (χ3v) is 8.64. The fourth-order valence-electron chi connectivity index (χ4n) is 5.20. The highest BCUT2D eigenvalue weighted by atomic mass is 35.5. The fraction of sp³-hybridized carbons (Fsp3) is 0.405. The van der Waals surface area contributed by atoms with Crippen LogP contribution in [0.3, 0.4) is 0 Å². The van der Waals surface area contributed by atoms with Crippen LogP contribution in [0.25, 0.3) is 11.1 Å². The third-order valence-electron chi connectivity index (χ3n) is 8.36. The van der Waals surface area contributed by atoms with E-state index in [1.165, 1.54) is 7.11 Å². The molecule has 3 aromatic rings. The van der Waals surface area contributed by atoms with Crippen molar-refractivity contribution in [1.29, 1.82) is 0 Å². The second-order valence-electron chi connectivity index (χ2n) is 12.6. The van der Waals surface area contributed by atoms with Crippen LogP contribution in [-0.2, 0) is 41.5 Å². The molecule has 3 rings (SSSR count). The van der Waals surface area contributed by atoms with Crippen LogP contribution in [0.4, 0.5) is 11.6 Å². The summed E-state index contributed by atoms with van der Waals surface area (Å²) in [6.45, 7) is 0.809. The monoisotopic (exact) mass is 780 g/mol. The molecule has 0 radical (unpaired) electrons. The van der Waals surface area contributed by atoms with Gasteiger partial charge >= 0.3 is 17.9 Å². The number of anilines is 2. The highest BCUT2D eigenvalue weighted by Crippen LogP contribution is 2.22. The molecule has 2 aromatic carbocycles. The highest BCUT2D eigenvalue weighted by molar-refractivity contribution is 6.31. The van der Waals surface area contributed by atoms with Crippen LogP contribution in [0.1, 0.15) is 73.0 Å². The van der Waals surface area contributed by atoms with Gasteiger partial charge in [0.25, 0.3) is 5.91 Å². The van der Waals surface area contributed by atoms with E-state index in [0.29, 0.717) is 32.4 Å². The predicted molar refractivity (Wildman–Crippen MR) is 208 cm³/mol. The number of benzene rings is 2. The van der Waals surface area contributed by atoms with Gasteiger partial charge in [0, 0.05) is 19.4 Å². The number of nitrogens with zero attached hydrogens (tertiary/aromatic N) is 3. The van der Waals surface area contributed by atoms with Gasteiger partial charge in [-0.1, -0.05) is 60.1 Å². The van der Waals surface area contributed by atoms with Crippen molar-refractivity contribution < 1.29 is 33.4 Å². The summed E-state index contributed by atoms with van der Waals surface area (Å²) in [4.78, 5) is 73.4. The molecule has 1 heterocycles. The molecular formula is C37H49ClN10O7. The van der Waals surface area contributed by atoms with Crippen molar-refractivity contribution in [3.05, 3.63) is 70.5 Å². The van der Waals surface area contributed by atoms with E-state index in [1.807, 2.05) is 36.4 Å². The summed E-state index contributed by atoms with van der Waals surface area (Å²) in [5.74, 6) is -3.85. The van der Waals surface area contributed by atoms with Gasteiger partial charge < -0.3 is 43.5 Å². The number of nitrogen functional groups attached to an aromatic ring is 2. The summed E-state index contributed by atoms with van der Waals surface area (Å²) < 4.78 is 9.46. The number of hydrogen-bond acceptors (Lipinski definition) is 14. The summed E-state index contributed by atoms with van der Waals surface area (Å²) in [6.07, 6.45) is 4.18. The van der Waals surface area contributed by atoms with E-state index in [4.69, 9.17) is 45.0 Å². The molecule has 0 bridgehead atoms. The minimum atomic E-state index is -1.20. The smallest absolute Gasteiger partial charge is 0.336 e. The maximum absolute atomic E-state index is 12.8. The molecule has 18 heteroatoms. The van der Waals surface area contributed by atoms with Crippen molar-refractivity contribution in [1.82, 2.24) is 20.6 Å². The Morgan fingerprint density at radius 1 is 0.818 bits per heavy atom. The third kappa shape index (κ3) is 15.0. The number of aromatic nitrogens is 2. The standard InChI is InChI=1S/C37H49ClN10O7/c1-54-29(50)19-17-26(40)35(52)55-36(53)27(7-2-4-20-39)45-28(49)18-12-23-10-15-25(16-11-23)24-13-8-22(9-14-24)6-3-5-21-44-37(43)48-34(51)30-32(41)47-33(42)31(38)46-30/h8-11,13-16,26-27H,2-7,12,17-21,39-40H2,1H3,(H,45,49)(H4,41,42,47)(H3,43,44,48,51)/t26-,27-/m0/s1. The lowest BCUT2D eigenvalue weighted by molar-refractivity contribution is -0.163. The summed E-state index contributed by atoms with van der Waals surface area (Å²) in [7, 11) is 1.22. The van der Waals surface area contributed by atoms with Crippen molar-refractivity contribution in [3.63, 3.8) is 0 Å². The first-order valence-electron chi connectivity index (χ1n) is 17.8. The Bertz CT molecular complexity index is 1810. The largest absolute Gasteiger partial charge is 0.469 e. The van der Waals surface area contributed by atoms with Gasteiger partial charge in [-0.2, -0.15) is 0 Å². The maximum atomic E-state index is 12.8. The average Bonchev–Trinajstić information content (AvgIpc) is 3.17. The number of halogens is 1. The second-order valence-corrected chi connectivity index (χ2v) is 12.9. The quantitative estimate of drug-likeness (QED) is 0.0284. The molecule has 17 nitrogen and oxygen atoms in total. The molecule has 296 valence electrons. The number of hydrogen-bond donors (Lipinski definition) is 7. The number of carbonyl (C=O) groups is 5. The Hall–Kier alpha value is -5.65. The van der Waals surface area contributed by atoms with Gasteiger partial charge in [-0.05, 0) is 80.2 Å². The van der Waals surface area contributed by atoms with E-state index in [0.717, 1.165) is 41.5 Å². The minimum Gasteiger partial charge on any atom is -0.469 e. The molecule has 2 amide bonds. The SMILES string of the molecule is COC(=O)CC[C@H](N)C(=O)OC(=O)[C@H](CCCCN)NC(=O)CCc1ccc(-c2ccc(CCCCN=C(N)NC(=O)c3nc(Cl)c(N)nc3N)cc2)cc1. The molecule has 2 atom stereocenters. The van der Waals surface area contributed by atoms with Gasteiger partial charge in [0.2, 0.25) is 5.91 Å². The van der Waals surface area contributed by atoms with E-state index in [1.54, 1.807) is 0 Å². The molecule has 0 fully saturated rings. The van der Waals surface area contributed by atoms with Gasteiger partial charge in [0.15, 0.2) is 28.4 Å². The number of amides is 2. The maximum Gasteiger partial charge on any atom is 0.336 e. The van der Waals surface area contributed by atoms with E-state index in [2.05, 4.69) is 42.5 Å². The molecule has 12 N–H and O–H groups in total. The van der Waals surface area contributed by atoms with Crippen molar-refractivity contribution >= 4 is 58.9 Å². The van der Waals surface area contributed by atoms with Crippen molar-refractivity contribution in [3.8, 4) is 11.1 Å². The number of esters is 3. The van der Waals surface area contributed by atoms with Crippen LogP contribution in [0.15, 0.2) is 53.5 Å². The Morgan fingerprint density at radius 3 is 2.07 bits per heavy atom. The van der Waals surface area contributed by atoms with Crippen molar-refractivity contribution in [2.45, 2.75) is 76.3 Å². The van der Waals surface area contributed by atoms with Gasteiger partial charge in [-0.3, -0.25) is 24.7 Å². The summed E-state index contributed by atoms with van der Waals surface area (Å²) >= 11 is 5.82. The lowest BCUT2D eigenvalue weighted by Crippen LogP contribution is -2.44. The Balaban J connectivity index is 1.43. The predicted octanol–water partition coefficient (Wildman–Crippen LogP) is 1.93. The molecule has 0 saturated carbocycles. The number of nitrogens with two attached hydrogens (primary N) is 5. The zero-order chi connectivity index (χ0) is 40.3. The van der Waals surface area contributed by atoms with Gasteiger partial charge in [-0.15, -0.1) is 0 Å². The van der Waals surface area contributed by atoms with Gasteiger partial charge in [0.1, 0.15) is 12.1 Å². The average molecular weight is 781 g/mol. The summed E-state index contributed by atoms with van der Waals surface area (Å²) in [5, 5.41) is 4.94. The Morgan fingerprint density at radius 2 is 1.45 bits per heavy atom. The summed E-state index contributed by atoms with van der Waals surface area (Å²) in [6, 6.07) is 13.8. The number of ether oxygens (including phenoxy) is 2. The van der Waals surface area contributed by atoms with Crippen LogP contribution < -0.4 is 39.3 Å². The van der Waals surface area contributed by atoms with Crippen LogP contribution in [0.5, 0.6) is 0 Å².